The Bertz CT molecular complexity index is 493. The van der Waals surface area contributed by atoms with Crippen LogP contribution in [-0.4, -0.2) is 54.2 Å². The number of carboxylic acids is 1. The summed E-state index contributed by atoms with van der Waals surface area (Å²) in [6, 6.07) is 0.620. The Balaban J connectivity index is 2.16. The monoisotopic (exact) mass is 311 g/mol. The lowest BCUT2D eigenvalue weighted by Gasteiger charge is -2.35. The average Bonchev–Trinajstić information content (AvgIpc) is 2.92. The lowest BCUT2D eigenvalue weighted by molar-refractivity contribution is 0.0700. The Kier molecular flexibility index (Phi) is 5.22. The van der Waals surface area contributed by atoms with Crippen molar-refractivity contribution >= 4 is 22.4 Å². The maximum absolute atomic E-state index is 11.4. The van der Waals surface area contributed by atoms with Gasteiger partial charge in [0.1, 0.15) is 4.88 Å². The molecule has 0 amide bonds. The third-order valence-corrected chi connectivity index (χ3v) is 5.50. The van der Waals surface area contributed by atoms with Crippen molar-refractivity contribution in [2.75, 3.05) is 32.1 Å². The Hall–Kier alpha value is -1.14. The molecule has 0 radical (unpaired) electrons. The van der Waals surface area contributed by atoms with Crippen molar-refractivity contribution in [3.05, 3.63) is 10.6 Å². The molecule has 118 valence electrons. The van der Waals surface area contributed by atoms with Gasteiger partial charge in [-0.15, -0.1) is 0 Å². The maximum atomic E-state index is 11.4. The van der Waals surface area contributed by atoms with Crippen LogP contribution in [0.25, 0.3) is 0 Å². The van der Waals surface area contributed by atoms with Crippen molar-refractivity contribution < 1.29 is 9.90 Å². The van der Waals surface area contributed by atoms with E-state index < -0.39 is 5.97 Å². The summed E-state index contributed by atoms with van der Waals surface area (Å²) >= 11 is 1.33. The molecule has 1 aliphatic rings. The zero-order chi connectivity index (χ0) is 15.6. The van der Waals surface area contributed by atoms with Gasteiger partial charge in [-0.1, -0.05) is 25.2 Å². The van der Waals surface area contributed by atoms with Crippen molar-refractivity contribution in [3.8, 4) is 0 Å². The smallest absolute Gasteiger partial charge is 0.347 e. The molecule has 21 heavy (non-hydrogen) atoms. The Morgan fingerprint density at radius 2 is 2.10 bits per heavy atom. The fraction of sp³-hybridized carbons (Fsp3) is 0.733. The van der Waals surface area contributed by atoms with E-state index in [1.165, 1.54) is 11.3 Å². The quantitative estimate of drug-likeness (QED) is 0.906. The lowest BCUT2D eigenvalue weighted by Crippen LogP contribution is -2.41. The molecule has 1 atom stereocenters. The van der Waals surface area contributed by atoms with E-state index in [0.717, 1.165) is 43.2 Å². The topological polar surface area (TPSA) is 56.7 Å². The van der Waals surface area contributed by atoms with Crippen LogP contribution in [0.5, 0.6) is 0 Å². The molecule has 1 N–H and O–H groups in total. The first-order valence-electron chi connectivity index (χ1n) is 7.59. The van der Waals surface area contributed by atoms with Crippen LogP contribution in [0.3, 0.4) is 0 Å². The molecule has 0 saturated carbocycles. The summed E-state index contributed by atoms with van der Waals surface area (Å²) < 4.78 is 0. The summed E-state index contributed by atoms with van der Waals surface area (Å²) in [7, 11) is 4.24. The molecule has 0 aliphatic carbocycles. The second-order valence-electron chi connectivity index (χ2n) is 6.01. The highest BCUT2D eigenvalue weighted by atomic mass is 32.1. The van der Waals surface area contributed by atoms with E-state index >= 15 is 0 Å². The number of hydrogen-bond acceptors (Lipinski definition) is 5. The highest BCUT2D eigenvalue weighted by molar-refractivity contribution is 7.17. The van der Waals surface area contributed by atoms with E-state index in [-0.39, 0.29) is 5.92 Å². The molecule has 1 aromatic heterocycles. The first kappa shape index (κ1) is 16.2. The van der Waals surface area contributed by atoms with Crippen LogP contribution in [0.2, 0.25) is 0 Å². The third-order valence-electron chi connectivity index (χ3n) is 4.38. The first-order chi connectivity index (χ1) is 9.93. The van der Waals surface area contributed by atoms with Crippen LogP contribution >= 0.6 is 11.3 Å². The molecule has 2 rings (SSSR count). The Morgan fingerprint density at radius 3 is 2.57 bits per heavy atom. The van der Waals surface area contributed by atoms with Gasteiger partial charge in [0.15, 0.2) is 5.13 Å². The van der Waals surface area contributed by atoms with Gasteiger partial charge >= 0.3 is 5.97 Å². The van der Waals surface area contributed by atoms with Gasteiger partial charge in [-0.25, -0.2) is 9.78 Å². The molecule has 1 aromatic rings. The van der Waals surface area contributed by atoms with Crippen molar-refractivity contribution in [1.29, 1.82) is 0 Å². The van der Waals surface area contributed by atoms with Gasteiger partial charge in [0.2, 0.25) is 0 Å². The molecule has 0 bridgehead atoms. The van der Waals surface area contributed by atoms with E-state index in [9.17, 15) is 9.90 Å². The van der Waals surface area contributed by atoms with Crippen LogP contribution in [0.4, 0.5) is 5.13 Å². The van der Waals surface area contributed by atoms with Gasteiger partial charge in [-0.3, -0.25) is 0 Å². The minimum absolute atomic E-state index is 0.195. The molecule has 5 nitrogen and oxygen atoms in total. The van der Waals surface area contributed by atoms with Gasteiger partial charge in [-0.2, -0.15) is 0 Å². The summed E-state index contributed by atoms with van der Waals surface area (Å²) in [6.45, 7) is 6.02. The van der Waals surface area contributed by atoms with Gasteiger partial charge in [0, 0.05) is 19.1 Å². The van der Waals surface area contributed by atoms with Crippen molar-refractivity contribution in [2.24, 2.45) is 0 Å². The zero-order valence-corrected chi connectivity index (χ0v) is 14.1. The van der Waals surface area contributed by atoms with Crippen LogP contribution < -0.4 is 4.90 Å². The summed E-state index contributed by atoms with van der Waals surface area (Å²) in [5, 5.41) is 10.3. The van der Waals surface area contributed by atoms with Crippen molar-refractivity contribution in [1.82, 2.24) is 9.88 Å². The number of nitrogens with zero attached hydrogens (tertiary/aromatic N) is 3. The second-order valence-corrected chi connectivity index (χ2v) is 6.98. The number of carboxylic acid groups (broad SMARTS) is 1. The molecule has 0 spiro atoms. The van der Waals surface area contributed by atoms with Gasteiger partial charge in [0.25, 0.3) is 0 Å². The zero-order valence-electron chi connectivity index (χ0n) is 13.3. The molecular weight excluding hydrogens is 286 g/mol. The summed E-state index contributed by atoms with van der Waals surface area (Å²) in [6.07, 6.45) is 3.12. The molecule has 1 unspecified atom stereocenters. The summed E-state index contributed by atoms with van der Waals surface area (Å²) in [4.78, 5) is 21.0. The Morgan fingerprint density at radius 1 is 1.48 bits per heavy atom. The SMILES string of the molecule is CCC(C)c1nc(N2CCC(N(C)C)CC2)sc1C(=O)O. The molecule has 1 saturated heterocycles. The number of carbonyl (C=O) groups is 1. The molecule has 2 heterocycles. The van der Waals surface area contributed by atoms with E-state index in [0.29, 0.717) is 10.9 Å². The number of thiazole rings is 1. The van der Waals surface area contributed by atoms with Gasteiger partial charge in [0.05, 0.1) is 5.69 Å². The van der Waals surface area contributed by atoms with Crippen molar-refractivity contribution in [2.45, 2.75) is 45.1 Å². The Labute approximate surface area is 130 Å². The molecule has 0 aromatic carbocycles. The van der Waals surface area contributed by atoms with Crippen LogP contribution in [0.1, 0.15) is 54.4 Å². The molecule has 1 aliphatic heterocycles. The number of hydrogen-bond donors (Lipinski definition) is 1. The second kappa shape index (κ2) is 6.75. The maximum Gasteiger partial charge on any atom is 0.347 e. The van der Waals surface area contributed by atoms with E-state index in [1.807, 2.05) is 6.92 Å². The normalized spacial score (nSPS) is 18.2. The van der Waals surface area contributed by atoms with Crippen LogP contribution in [0, 0.1) is 0 Å². The lowest BCUT2D eigenvalue weighted by atomic mass is 10.0. The highest BCUT2D eigenvalue weighted by Gasteiger charge is 2.26. The van der Waals surface area contributed by atoms with Crippen molar-refractivity contribution in [3.63, 3.8) is 0 Å². The molecule has 1 fully saturated rings. The van der Waals surface area contributed by atoms with Crippen LogP contribution in [0.15, 0.2) is 0 Å². The number of anilines is 1. The molecule has 6 heteroatoms. The first-order valence-corrected chi connectivity index (χ1v) is 8.41. The summed E-state index contributed by atoms with van der Waals surface area (Å²) in [5.41, 5.74) is 0.750. The number of aromatic nitrogens is 1. The van der Waals surface area contributed by atoms with Gasteiger partial charge in [-0.05, 0) is 39.3 Å². The average molecular weight is 311 g/mol. The highest BCUT2D eigenvalue weighted by Crippen LogP contribution is 2.33. The number of piperidine rings is 1. The predicted octanol–water partition coefficient (Wildman–Crippen LogP) is 2.89. The van der Waals surface area contributed by atoms with Crippen LogP contribution in [-0.2, 0) is 0 Å². The minimum atomic E-state index is -0.850. The number of rotatable bonds is 5. The minimum Gasteiger partial charge on any atom is -0.477 e. The van der Waals surface area contributed by atoms with E-state index in [4.69, 9.17) is 0 Å². The summed E-state index contributed by atoms with van der Waals surface area (Å²) in [5.74, 6) is -0.655. The molecular formula is C15H25N3O2S. The third kappa shape index (κ3) is 3.55. The fourth-order valence-electron chi connectivity index (χ4n) is 2.71. The number of aromatic carboxylic acids is 1. The van der Waals surface area contributed by atoms with E-state index in [2.05, 4.69) is 35.8 Å². The standard InChI is InChI=1S/C15H25N3O2S/c1-5-10(2)12-13(14(19)20)21-15(16-12)18-8-6-11(7-9-18)17(3)4/h10-11H,5-9H2,1-4H3,(H,19,20). The predicted molar refractivity (Wildman–Crippen MR) is 86.7 cm³/mol. The largest absolute Gasteiger partial charge is 0.477 e. The fourth-order valence-corrected chi connectivity index (χ4v) is 3.79. The van der Waals surface area contributed by atoms with E-state index in [1.54, 1.807) is 0 Å². The van der Waals surface area contributed by atoms with Gasteiger partial charge < -0.3 is 14.9 Å².